The second-order valence-electron chi connectivity index (χ2n) is 6.94. The van der Waals surface area contributed by atoms with Crippen LogP contribution < -0.4 is 11.1 Å². The molecule has 28 heavy (non-hydrogen) atoms. The average molecular weight is 404 g/mol. The minimum Gasteiger partial charge on any atom is -0.338 e. The number of carbonyl (C=O) groups is 2. The monoisotopic (exact) mass is 403 g/mol. The molecule has 0 radical (unpaired) electrons. The van der Waals surface area contributed by atoms with Crippen LogP contribution in [0.4, 0.5) is 10.1 Å². The van der Waals surface area contributed by atoms with Gasteiger partial charge in [-0.05, 0) is 73.8 Å². The summed E-state index contributed by atoms with van der Waals surface area (Å²) in [6.45, 7) is 1.46. The third kappa shape index (κ3) is 5.30. The van der Waals surface area contributed by atoms with Crippen molar-refractivity contribution in [3.05, 3.63) is 64.4 Å². The Morgan fingerprint density at radius 2 is 1.89 bits per heavy atom. The molecule has 1 fully saturated rings. The van der Waals surface area contributed by atoms with Crippen molar-refractivity contribution in [3.8, 4) is 0 Å². The highest BCUT2D eigenvalue weighted by Gasteiger charge is 2.33. The minimum atomic E-state index is -0.400. The molecule has 3 N–H and O–H groups in total. The summed E-state index contributed by atoms with van der Waals surface area (Å²) in [6, 6.07) is 10.5. The molecule has 0 aromatic heterocycles. The summed E-state index contributed by atoms with van der Waals surface area (Å²) in [4.78, 5) is 26.7. The van der Waals surface area contributed by atoms with Crippen LogP contribution in [0.1, 0.15) is 35.2 Å². The zero-order chi connectivity index (χ0) is 20.1. The second kappa shape index (κ2) is 9.17. The maximum Gasteiger partial charge on any atom is 0.255 e. The van der Waals surface area contributed by atoms with E-state index in [1.54, 1.807) is 23.1 Å². The van der Waals surface area contributed by atoms with Gasteiger partial charge in [0.2, 0.25) is 5.91 Å². The smallest absolute Gasteiger partial charge is 0.255 e. The van der Waals surface area contributed by atoms with Gasteiger partial charge in [0.25, 0.3) is 5.91 Å². The van der Waals surface area contributed by atoms with Crippen LogP contribution in [0.15, 0.2) is 42.5 Å². The van der Waals surface area contributed by atoms with Gasteiger partial charge in [0.1, 0.15) is 5.82 Å². The van der Waals surface area contributed by atoms with Crippen molar-refractivity contribution in [1.82, 2.24) is 4.90 Å². The van der Waals surface area contributed by atoms with Crippen LogP contribution in [0.25, 0.3) is 0 Å². The van der Waals surface area contributed by atoms with E-state index < -0.39 is 5.82 Å². The van der Waals surface area contributed by atoms with E-state index in [2.05, 4.69) is 5.32 Å². The average Bonchev–Trinajstić information content (AvgIpc) is 3.52. The first-order valence-corrected chi connectivity index (χ1v) is 9.70. The van der Waals surface area contributed by atoms with E-state index in [0.29, 0.717) is 35.9 Å². The van der Waals surface area contributed by atoms with E-state index >= 15 is 0 Å². The topological polar surface area (TPSA) is 75.4 Å². The van der Waals surface area contributed by atoms with Crippen LogP contribution in [-0.4, -0.2) is 29.8 Å². The summed E-state index contributed by atoms with van der Waals surface area (Å²) in [7, 11) is 0. The number of hydrogen-bond acceptors (Lipinski definition) is 3. The number of nitrogens with zero attached hydrogens (tertiary/aromatic N) is 1. The number of nitrogens with one attached hydrogen (secondary N) is 1. The van der Waals surface area contributed by atoms with Crippen molar-refractivity contribution < 1.29 is 14.0 Å². The van der Waals surface area contributed by atoms with Gasteiger partial charge in [-0.3, -0.25) is 9.59 Å². The van der Waals surface area contributed by atoms with Crippen LogP contribution in [0.5, 0.6) is 0 Å². The van der Waals surface area contributed by atoms with Crippen LogP contribution >= 0.6 is 11.6 Å². The Balaban J connectivity index is 1.73. The molecule has 0 saturated heterocycles. The Morgan fingerprint density at radius 1 is 1.18 bits per heavy atom. The van der Waals surface area contributed by atoms with Gasteiger partial charge in [0, 0.05) is 35.3 Å². The third-order valence-electron chi connectivity index (χ3n) is 4.64. The highest BCUT2D eigenvalue weighted by Crippen LogP contribution is 2.32. The fourth-order valence-electron chi connectivity index (χ4n) is 2.92. The molecule has 5 nitrogen and oxygen atoms in total. The molecule has 0 heterocycles. The lowest BCUT2D eigenvalue weighted by atomic mass is 10.1. The van der Waals surface area contributed by atoms with Crippen LogP contribution in [0.3, 0.4) is 0 Å². The molecule has 3 rings (SSSR count). The predicted octanol–water partition coefficient (Wildman–Crippen LogP) is 3.82. The Hall–Kier alpha value is -2.44. The van der Waals surface area contributed by atoms with E-state index in [-0.39, 0.29) is 17.7 Å². The van der Waals surface area contributed by atoms with Crippen molar-refractivity contribution in [2.75, 3.05) is 18.4 Å². The molecule has 1 saturated carbocycles. The molecule has 1 aliphatic carbocycles. The van der Waals surface area contributed by atoms with E-state index in [1.165, 1.54) is 24.3 Å². The van der Waals surface area contributed by atoms with Crippen LogP contribution in [0, 0.1) is 11.7 Å². The molecule has 1 aliphatic rings. The van der Waals surface area contributed by atoms with Crippen LogP contribution in [-0.2, 0) is 11.3 Å². The summed E-state index contributed by atoms with van der Waals surface area (Å²) in [5.74, 6) is -0.506. The lowest BCUT2D eigenvalue weighted by Gasteiger charge is -2.23. The molecule has 7 heteroatoms. The van der Waals surface area contributed by atoms with Gasteiger partial charge >= 0.3 is 0 Å². The van der Waals surface area contributed by atoms with Crippen molar-refractivity contribution >= 4 is 29.1 Å². The number of benzene rings is 2. The minimum absolute atomic E-state index is 0.109. The molecular weight excluding hydrogens is 381 g/mol. The Kier molecular flexibility index (Phi) is 6.65. The SMILES string of the molecule is NCCCN(Cc1cc(NC(=O)c2ccc(F)cc2)ccc1Cl)C(=O)C1CC1. The number of rotatable bonds is 8. The predicted molar refractivity (Wildman–Crippen MR) is 108 cm³/mol. The highest BCUT2D eigenvalue weighted by atomic mass is 35.5. The summed E-state index contributed by atoms with van der Waals surface area (Å²) in [6.07, 6.45) is 2.58. The number of anilines is 1. The second-order valence-corrected chi connectivity index (χ2v) is 7.35. The molecule has 0 bridgehead atoms. The normalized spacial score (nSPS) is 13.2. The highest BCUT2D eigenvalue weighted by molar-refractivity contribution is 6.31. The Morgan fingerprint density at radius 3 is 2.54 bits per heavy atom. The quantitative estimate of drug-likeness (QED) is 0.703. The molecule has 2 aromatic rings. The zero-order valence-corrected chi connectivity index (χ0v) is 16.2. The number of carbonyl (C=O) groups excluding carboxylic acids is 2. The number of halogens is 2. The third-order valence-corrected chi connectivity index (χ3v) is 5.01. The lowest BCUT2D eigenvalue weighted by Crippen LogP contribution is -2.33. The first-order chi connectivity index (χ1) is 13.5. The molecule has 0 spiro atoms. The fraction of sp³-hybridized carbons (Fsp3) is 0.333. The molecule has 148 valence electrons. The van der Waals surface area contributed by atoms with E-state index in [0.717, 1.165) is 24.8 Å². The number of nitrogens with two attached hydrogens (primary N) is 1. The van der Waals surface area contributed by atoms with Gasteiger partial charge in [-0.25, -0.2) is 4.39 Å². The van der Waals surface area contributed by atoms with Gasteiger partial charge < -0.3 is 16.0 Å². The van der Waals surface area contributed by atoms with Gasteiger partial charge in [0.05, 0.1) is 0 Å². The largest absolute Gasteiger partial charge is 0.338 e. The van der Waals surface area contributed by atoms with E-state index in [4.69, 9.17) is 17.3 Å². The Labute approximate surface area is 168 Å². The van der Waals surface area contributed by atoms with Crippen molar-refractivity contribution in [3.63, 3.8) is 0 Å². The standard InChI is InChI=1S/C21H23ClFN3O2/c22-19-9-8-18(25-20(27)14-4-6-17(23)7-5-14)12-16(19)13-26(11-1-10-24)21(28)15-2-3-15/h4-9,12,15H,1-3,10-11,13,24H2,(H,25,27). The summed E-state index contributed by atoms with van der Waals surface area (Å²) < 4.78 is 13.0. The summed E-state index contributed by atoms with van der Waals surface area (Å²) in [5.41, 5.74) is 7.27. The molecule has 2 aromatic carbocycles. The Bertz CT molecular complexity index is 853. The maximum absolute atomic E-state index is 13.0. The van der Waals surface area contributed by atoms with Crippen molar-refractivity contribution in [2.45, 2.75) is 25.8 Å². The van der Waals surface area contributed by atoms with Gasteiger partial charge in [0.15, 0.2) is 0 Å². The van der Waals surface area contributed by atoms with Crippen molar-refractivity contribution in [1.29, 1.82) is 0 Å². The molecule has 2 amide bonds. The van der Waals surface area contributed by atoms with E-state index in [1.807, 2.05) is 0 Å². The molecule has 0 aliphatic heterocycles. The van der Waals surface area contributed by atoms with E-state index in [9.17, 15) is 14.0 Å². The number of hydrogen-bond donors (Lipinski definition) is 2. The zero-order valence-electron chi connectivity index (χ0n) is 15.5. The molecular formula is C21H23ClFN3O2. The summed E-state index contributed by atoms with van der Waals surface area (Å²) in [5, 5.41) is 3.31. The van der Waals surface area contributed by atoms with Crippen molar-refractivity contribution in [2.24, 2.45) is 11.7 Å². The molecule has 0 atom stereocenters. The maximum atomic E-state index is 13.0. The van der Waals surface area contributed by atoms with Crippen LogP contribution in [0.2, 0.25) is 5.02 Å². The molecule has 0 unspecified atom stereocenters. The summed E-state index contributed by atoms with van der Waals surface area (Å²) >= 11 is 6.33. The lowest BCUT2D eigenvalue weighted by molar-refractivity contribution is -0.133. The fourth-order valence-corrected chi connectivity index (χ4v) is 3.10. The first-order valence-electron chi connectivity index (χ1n) is 9.32. The first kappa shape index (κ1) is 20.3. The van der Waals surface area contributed by atoms with Gasteiger partial charge in [-0.15, -0.1) is 0 Å². The van der Waals surface area contributed by atoms with Gasteiger partial charge in [-0.1, -0.05) is 11.6 Å². The van der Waals surface area contributed by atoms with Gasteiger partial charge in [-0.2, -0.15) is 0 Å². The number of amides is 2.